The van der Waals surface area contributed by atoms with E-state index in [1.54, 1.807) is 14.2 Å². The van der Waals surface area contributed by atoms with Gasteiger partial charge in [0.25, 0.3) is 0 Å². The third-order valence-corrected chi connectivity index (χ3v) is 6.84. The van der Waals surface area contributed by atoms with Crippen LogP contribution in [0, 0.1) is 0 Å². The summed E-state index contributed by atoms with van der Waals surface area (Å²) >= 11 is 0. The number of aliphatic hydroxyl groups excluding tert-OH is 1. The maximum atomic E-state index is 13.4. The van der Waals surface area contributed by atoms with E-state index in [-0.39, 0.29) is 13.2 Å². The molecule has 1 heterocycles. The highest BCUT2D eigenvalue weighted by molar-refractivity contribution is 5.49. The smallest absolute Gasteiger partial charge is 0.401 e. The number of methoxy groups -OCH3 is 2. The van der Waals surface area contributed by atoms with Crippen molar-refractivity contribution < 1.29 is 32.5 Å². The van der Waals surface area contributed by atoms with E-state index in [9.17, 15) is 18.3 Å². The van der Waals surface area contributed by atoms with Crippen molar-refractivity contribution in [1.82, 2.24) is 4.90 Å². The average molecular weight is 516 g/mol. The summed E-state index contributed by atoms with van der Waals surface area (Å²) < 4.78 is 57.6. The quantitative estimate of drug-likeness (QED) is 0.387. The van der Waals surface area contributed by atoms with Gasteiger partial charge >= 0.3 is 6.18 Å². The van der Waals surface area contributed by atoms with Gasteiger partial charge in [-0.1, -0.05) is 54.6 Å². The Balaban J connectivity index is 1.79. The lowest BCUT2D eigenvalue weighted by molar-refractivity contribution is -0.164. The van der Waals surface area contributed by atoms with Crippen LogP contribution in [0.3, 0.4) is 0 Å². The molecule has 2 atom stereocenters. The van der Waals surface area contributed by atoms with Crippen molar-refractivity contribution in [2.45, 2.75) is 36.8 Å². The topological polar surface area (TPSA) is 51.2 Å². The highest BCUT2D eigenvalue weighted by Crippen LogP contribution is 2.42. The predicted molar refractivity (Wildman–Crippen MR) is 135 cm³/mol. The van der Waals surface area contributed by atoms with E-state index >= 15 is 0 Å². The molecule has 0 spiro atoms. The molecule has 0 bridgehead atoms. The van der Waals surface area contributed by atoms with Crippen LogP contribution >= 0.6 is 0 Å². The molecule has 1 fully saturated rings. The van der Waals surface area contributed by atoms with Crippen molar-refractivity contribution in [3.63, 3.8) is 0 Å². The van der Waals surface area contributed by atoms with Gasteiger partial charge in [0.1, 0.15) is 17.1 Å². The molecule has 1 N–H and O–H groups in total. The van der Waals surface area contributed by atoms with Crippen molar-refractivity contribution in [2.75, 3.05) is 33.9 Å². The van der Waals surface area contributed by atoms with E-state index in [1.807, 2.05) is 78.9 Å². The first kappa shape index (κ1) is 27.0. The van der Waals surface area contributed by atoms with Gasteiger partial charge in [-0.3, -0.25) is 4.90 Å². The van der Waals surface area contributed by atoms with E-state index in [0.29, 0.717) is 24.3 Å². The minimum atomic E-state index is -4.38. The monoisotopic (exact) mass is 515 g/mol. The van der Waals surface area contributed by atoms with E-state index in [4.69, 9.17) is 14.2 Å². The number of aliphatic hydroxyl groups is 1. The van der Waals surface area contributed by atoms with E-state index in [1.165, 1.54) is 4.90 Å². The third kappa shape index (κ3) is 6.26. The summed E-state index contributed by atoms with van der Waals surface area (Å²) in [6.07, 6.45) is -4.35. The number of hydrogen-bond acceptors (Lipinski definition) is 5. The molecule has 5 nitrogen and oxygen atoms in total. The number of β-amino-alcohol motifs (C(OH)–C–C–N with tert-alkyl or cyclic N) is 1. The number of likely N-dealkylation sites (tertiary alicyclic amines) is 1. The number of benzene rings is 3. The summed E-state index contributed by atoms with van der Waals surface area (Å²) in [5.74, 6) is 1.36. The number of alkyl halides is 3. The van der Waals surface area contributed by atoms with Crippen molar-refractivity contribution >= 4 is 0 Å². The first-order valence-corrected chi connectivity index (χ1v) is 12.2. The molecule has 0 amide bonds. The Kier molecular flexibility index (Phi) is 8.42. The molecular weight excluding hydrogens is 483 g/mol. The maximum Gasteiger partial charge on any atom is 0.401 e. The van der Waals surface area contributed by atoms with Crippen LogP contribution in [0.1, 0.15) is 29.5 Å². The lowest BCUT2D eigenvalue weighted by atomic mass is 9.80. The standard InChI is InChI=1S/C29H32F3NO4/c1-35-26-14-8-22(9-15-26)29(21-6-4-3-5-7-21,23-10-16-27(36-2)17-11-23)37-19-24-12-13-25(34)18-33(24)20-28(30,31)32/h3-11,14-17,24-25,34H,12-13,18-20H2,1-2H3/t24-,25-/m1/s1. The molecule has 1 aliphatic rings. The largest absolute Gasteiger partial charge is 0.497 e. The average Bonchev–Trinajstić information content (AvgIpc) is 2.90. The van der Waals surface area contributed by atoms with E-state index in [2.05, 4.69) is 0 Å². The molecule has 4 rings (SSSR count). The van der Waals surface area contributed by atoms with Crippen LogP contribution in [-0.4, -0.2) is 62.2 Å². The van der Waals surface area contributed by atoms with Gasteiger partial charge in [0.15, 0.2) is 0 Å². The first-order valence-electron chi connectivity index (χ1n) is 12.2. The fourth-order valence-corrected chi connectivity index (χ4v) is 4.99. The zero-order valence-electron chi connectivity index (χ0n) is 20.9. The lowest BCUT2D eigenvalue weighted by Gasteiger charge is -2.42. The van der Waals surface area contributed by atoms with Crippen LogP contribution in [0.25, 0.3) is 0 Å². The Morgan fingerprint density at radius 2 is 1.30 bits per heavy atom. The van der Waals surface area contributed by atoms with Crippen molar-refractivity contribution in [2.24, 2.45) is 0 Å². The number of nitrogens with zero attached hydrogens (tertiary/aromatic N) is 1. The second-order valence-corrected chi connectivity index (χ2v) is 9.24. The molecule has 0 aromatic heterocycles. The minimum absolute atomic E-state index is 0.0375. The zero-order chi connectivity index (χ0) is 26.5. The van der Waals surface area contributed by atoms with Crippen molar-refractivity contribution in [1.29, 1.82) is 0 Å². The number of rotatable bonds is 9. The SMILES string of the molecule is COc1ccc(C(OC[C@H]2CC[C@@H](O)CN2CC(F)(F)F)(c2ccccc2)c2ccc(OC)cc2)cc1. The second-order valence-electron chi connectivity index (χ2n) is 9.24. The number of halogens is 3. The first-order chi connectivity index (χ1) is 17.7. The Hall–Kier alpha value is -3.07. The highest BCUT2D eigenvalue weighted by Gasteiger charge is 2.41. The van der Waals surface area contributed by atoms with Crippen LogP contribution in [0.4, 0.5) is 13.2 Å². The molecule has 8 heteroatoms. The molecule has 0 saturated carbocycles. The second kappa shape index (κ2) is 11.5. The third-order valence-electron chi connectivity index (χ3n) is 6.84. The van der Waals surface area contributed by atoms with Crippen molar-refractivity contribution in [3.8, 4) is 11.5 Å². The van der Waals surface area contributed by atoms with Crippen LogP contribution in [0.5, 0.6) is 11.5 Å². The molecule has 3 aromatic rings. The van der Waals surface area contributed by atoms with Gasteiger partial charge in [0, 0.05) is 12.6 Å². The fraction of sp³-hybridized carbons (Fsp3) is 0.379. The molecule has 3 aromatic carbocycles. The molecule has 0 radical (unpaired) electrons. The van der Waals surface area contributed by atoms with Gasteiger partial charge in [-0.15, -0.1) is 0 Å². The summed E-state index contributed by atoms with van der Waals surface area (Å²) in [4.78, 5) is 1.28. The minimum Gasteiger partial charge on any atom is -0.497 e. The summed E-state index contributed by atoms with van der Waals surface area (Å²) in [5.41, 5.74) is 1.34. The normalized spacial score (nSPS) is 19.0. The Morgan fingerprint density at radius 3 is 1.78 bits per heavy atom. The summed E-state index contributed by atoms with van der Waals surface area (Å²) in [5, 5.41) is 10.1. The van der Waals surface area contributed by atoms with Gasteiger partial charge < -0.3 is 19.3 Å². The van der Waals surface area contributed by atoms with Crippen LogP contribution in [-0.2, 0) is 10.3 Å². The molecule has 1 saturated heterocycles. The maximum absolute atomic E-state index is 13.4. The fourth-order valence-electron chi connectivity index (χ4n) is 4.99. The lowest BCUT2D eigenvalue weighted by Crippen LogP contribution is -2.52. The predicted octanol–water partition coefficient (Wildman–Crippen LogP) is 5.40. The number of piperidine rings is 1. The van der Waals surface area contributed by atoms with Crippen molar-refractivity contribution in [3.05, 3.63) is 95.6 Å². The Bertz CT molecular complexity index is 1070. The Labute approximate surface area is 215 Å². The summed E-state index contributed by atoms with van der Waals surface area (Å²) in [6, 6.07) is 24.1. The zero-order valence-corrected chi connectivity index (χ0v) is 20.9. The molecule has 0 aliphatic carbocycles. The number of hydrogen-bond donors (Lipinski definition) is 1. The molecule has 37 heavy (non-hydrogen) atoms. The van der Waals surface area contributed by atoms with Gasteiger partial charge in [-0.25, -0.2) is 0 Å². The van der Waals surface area contributed by atoms with E-state index in [0.717, 1.165) is 16.7 Å². The highest BCUT2D eigenvalue weighted by atomic mass is 19.4. The van der Waals surface area contributed by atoms with Crippen LogP contribution in [0.2, 0.25) is 0 Å². The van der Waals surface area contributed by atoms with Gasteiger partial charge in [0.2, 0.25) is 0 Å². The molecule has 198 valence electrons. The van der Waals surface area contributed by atoms with Gasteiger partial charge in [-0.05, 0) is 53.8 Å². The van der Waals surface area contributed by atoms with Crippen LogP contribution < -0.4 is 9.47 Å². The Morgan fingerprint density at radius 1 is 0.784 bits per heavy atom. The molecule has 0 unspecified atom stereocenters. The van der Waals surface area contributed by atoms with Gasteiger partial charge in [0.05, 0.1) is 33.5 Å². The van der Waals surface area contributed by atoms with Crippen LogP contribution in [0.15, 0.2) is 78.9 Å². The molecular formula is C29H32F3NO4. The summed E-state index contributed by atoms with van der Waals surface area (Å²) in [6.45, 7) is -1.10. The van der Waals surface area contributed by atoms with Gasteiger partial charge in [-0.2, -0.15) is 13.2 Å². The van der Waals surface area contributed by atoms with E-state index < -0.39 is 30.5 Å². The number of ether oxygens (including phenoxy) is 3. The summed E-state index contributed by atoms with van der Waals surface area (Å²) in [7, 11) is 3.18. The molecule has 1 aliphatic heterocycles.